The van der Waals surface area contributed by atoms with Gasteiger partial charge in [-0.05, 0) is 37.4 Å². The van der Waals surface area contributed by atoms with Gasteiger partial charge in [-0.15, -0.1) is 0 Å². The summed E-state index contributed by atoms with van der Waals surface area (Å²) in [5, 5.41) is 20.6. The van der Waals surface area contributed by atoms with Crippen molar-refractivity contribution in [2.75, 3.05) is 13.1 Å². The van der Waals surface area contributed by atoms with Gasteiger partial charge in [0.25, 0.3) is 0 Å². The van der Waals surface area contributed by atoms with Gasteiger partial charge in [0.1, 0.15) is 5.41 Å². The molecule has 1 saturated heterocycles. The highest BCUT2D eigenvalue weighted by molar-refractivity contribution is 5.76. The number of carboxylic acids is 1. The fourth-order valence-electron chi connectivity index (χ4n) is 3.74. The topological polar surface area (TPSA) is 60.8 Å². The molecule has 4 heteroatoms. The largest absolute Gasteiger partial charge is 0.481 e. The van der Waals surface area contributed by atoms with E-state index in [1.165, 1.54) is 11.1 Å². The van der Waals surface area contributed by atoms with Crippen LogP contribution in [-0.4, -0.2) is 40.3 Å². The van der Waals surface area contributed by atoms with Crippen LogP contribution in [0.25, 0.3) is 0 Å². The number of aliphatic hydroxyl groups is 1. The predicted molar refractivity (Wildman–Crippen MR) is 97.3 cm³/mol. The van der Waals surface area contributed by atoms with Gasteiger partial charge in [-0.25, -0.2) is 0 Å². The Morgan fingerprint density at radius 3 is 2.52 bits per heavy atom. The Labute approximate surface area is 148 Å². The maximum absolute atomic E-state index is 12.0. The van der Waals surface area contributed by atoms with Crippen LogP contribution in [-0.2, 0) is 17.8 Å². The van der Waals surface area contributed by atoms with Crippen molar-refractivity contribution in [2.45, 2.75) is 32.4 Å². The highest BCUT2D eigenvalue weighted by Gasteiger charge is 2.48. The Kier molecular flexibility index (Phi) is 5.21. The summed E-state index contributed by atoms with van der Waals surface area (Å²) in [6.45, 7) is 3.85. The standard InChI is InChI=1S/C21H25NO3/c1-16-6-5-9-18(12-16)14-22-11-10-21(20(24)25,19(23)15-22)13-17-7-3-2-4-8-17/h2-9,12,19,23H,10-11,13-15H2,1H3,(H,24,25)/t19-,21+/m0/s1. The van der Waals surface area contributed by atoms with Crippen LogP contribution in [0.3, 0.4) is 0 Å². The van der Waals surface area contributed by atoms with Gasteiger partial charge in [0, 0.05) is 13.1 Å². The van der Waals surface area contributed by atoms with Crippen LogP contribution in [0, 0.1) is 12.3 Å². The van der Waals surface area contributed by atoms with Crippen LogP contribution in [0.4, 0.5) is 0 Å². The van der Waals surface area contributed by atoms with Crippen molar-refractivity contribution in [3.05, 3.63) is 71.3 Å². The zero-order chi connectivity index (χ0) is 17.9. The van der Waals surface area contributed by atoms with E-state index in [0.717, 1.165) is 12.1 Å². The molecule has 2 aromatic rings. The first kappa shape index (κ1) is 17.6. The number of piperidine rings is 1. The number of aryl methyl sites for hydroxylation is 1. The molecule has 0 amide bonds. The molecule has 1 aliphatic rings. The molecule has 3 rings (SSSR count). The van der Waals surface area contributed by atoms with Crippen molar-refractivity contribution >= 4 is 5.97 Å². The van der Waals surface area contributed by atoms with E-state index in [1.54, 1.807) is 0 Å². The number of hydrogen-bond acceptors (Lipinski definition) is 3. The molecule has 2 aromatic carbocycles. The van der Waals surface area contributed by atoms with E-state index in [1.807, 2.05) is 36.4 Å². The first-order valence-corrected chi connectivity index (χ1v) is 8.73. The number of nitrogens with zero attached hydrogens (tertiary/aromatic N) is 1. The fourth-order valence-corrected chi connectivity index (χ4v) is 3.74. The molecule has 0 aliphatic carbocycles. The molecule has 0 spiro atoms. The molecular formula is C21H25NO3. The second-order valence-electron chi connectivity index (χ2n) is 7.11. The van der Waals surface area contributed by atoms with Crippen molar-refractivity contribution < 1.29 is 15.0 Å². The molecule has 2 N–H and O–H groups in total. The Morgan fingerprint density at radius 2 is 1.88 bits per heavy atom. The van der Waals surface area contributed by atoms with Gasteiger partial charge in [0.15, 0.2) is 0 Å². The number of β-amino-alcohol motifs (C(OH)–C–C–N with tert-alkyl or cyclic N) is 1. The van der Waals surface area contributed by atoms with Crippen LogP contribution in [0.5, 0.6) is 0 Å². The van der Waals surface area contributed by atoms with Crippen molar-refractivity contribution in [2.24, 2.45) is 5.41 Å². The number of aliphatic carboxylic acids is 1. The number of carboxylic acid groups (broad SMARTS) is 1. The van der Waals surface area contributed by atoms with Crippen LogP contribution in [0.15, 0.2) is 54.6 Å². The monoisotopic (exact) mass is 339 g/mol. The van der Waals surface area contributed by atoms with Crippen molar-refractivity contribution in [3.63, 3.8) is 0 Å². The van der Waals surface area contributed by atoms with Crippen LogP contribution < -0.4 is 0 Å². The zero-order valence-electron chi connectivity index (χ0n) is 14.6. The molecule has 1 fully saturated rings. The summed E-state index contributed by atoms with van der Waals surface area (Å²) in [4.78, 5) is 14.2. The molecule has 132 valence electrons. The Morgan fingerprint density at radius 1 is 1.16 bits per heavy atom. The third-order valence-electron chi connectivity index (χ3n) is 5.22. The lowest BCUT2D eigenvalue weighted by atomic mass is 9.71. The summed E-state index contributed by atoms with van der Waals surface area (Å²) >= 11 is 0. The zero-order valence-corrected chi connectivity index (χ0v) is 14.6. The molecule has 0 saturated carbocycles. The number of carbonyl (C=O) groups is 1. The first-order chi connectivity index (χ1) is 12.0. The first-order valence-electron chi connectivity index (χ1n) is 8.73. The van der Waals surface area contributed by atoms with Crippen LogP contribution in [0.1, 0.15) is 23.1 Å². The lowest BCUT2D eigenvalue weighted by Crippen LogP contribution is -2.55. The maximum atomic E-state index is 12.0. The number of hydrogen-bond donors (Lipinski definition) is 2. The Bertz CT molecular complexity index is 731. The van der Waals surface area contributed by atoms with Crippen molar-refractivity contribution in [1.82, 2.24) is 4.90 Å². The second-order valence-corrected chi connectivity index (χ2v) is 7.11. The normalized spacial score (nSPS) is 24.2. The third kappa shape index (κ3) is 3.91. The fraction of sp³-hybridized carbons (Fsp3) is 0.381. The van der Waals surface area contributed by atoms with E-state index in [2.05, 4.69) is 30.0 Å². The smallest absolute Gasteiger partial charge is 0.312 e. The summed E-state index contributed by atoms with van der Waals surface area (Å²) in [7, 11) is 0. The van der Waals surface area contributed by atoms with E-state index in [-0.39, 0.29) is 0 Å². The molecule has 1 heterocycles. The minimum absolute atomic E-state index is 0.364. The maximum Gasteiger partial charge on any atom is 0.312 e. The summed E-state index contributed by atoms with van der Waals surface area (Å²) in [5.41, 5.74) is 2.25. The van der Waals surface area contributed by atoms with Crippen LogP contribution in [0.2, 0.25) is 0 Å². The van der Waals surface area contributed by atoms with Gasteiger partial charge in [0.05, 0.1) is 6.10 Å². The number of benzene rings is 2. The second kappa shape index (κ2) is 7.38. The van der Waals surface area contributed by atoms with Gasteiger partial charge in [-0.1, -0.05) is 60.2 Å². The quantitative estimate of drug-likeness (QED) is 0.879. The lowest BCUT2D eigenvalue weighted by molar-refractivity contribution is -0.163. The van der Waals surface area contributed by atoms with E-state index in [0.29, 0.717) is 25.9 Å². The molecule has 2 atom stereocenters. The summed E-state index contributed by atoms with van der Waals surface area (Å²) < 4.78 is 0. The van der Waals surface area contributed by atoms with Crippen molar-refractivity contribution in [3.8, 4) is 0 Å². The van der Waals surface area contributed by atoms with E-state index in [4.69, 9.17) is 0 Å². The van der Waals surface area contributed by atoms with Gasteiger partial charge < -0.3 is 10.2 Å². The minimum atomic E-state index is -1.11. The molecule has 4 nitrogen and oxygen atoms in total. The average Bonchev–Trinajstić information content (AvgIpc) is 2.58. The molecule has 0 aromatic heterocycles. The molecule has 0 bridgehead atoms. The van der Waals surface area contributed by atoms with E-state index >= 15 is 0 Å². The molecule has 0 radical (unpaired) electrons. The third-order valence-corrected chi connectivity index (χ3v) is 5.22. The predicted octanol–water partition coefficient (Wildman–Crippen LogP) is 2.88. The van der Waals surface area contributed by atoms with E-state index < -0.39 is 17.5 Å². The Hall–Kier alpha value is -2.17. The van der Waals surface area contributed by atoms with Gasteiger partial charge in [-0.3, -0.25) is 9.69 Å². The van der Waals surface area contributed by atoms with Gasteiger partial charge >= 0.3 is 5.97 Å². The van der Waals surface area contributed by atoms with Gasteiger partial charge in [-0.2, -0.15) is 0 Å². The number of rotatable bonds is 5. The van der Waals surface area contributed by atoms with Gasteiger partial charge in [0.2, 0.25) is 0 Å². The van der Waals surface area contributed by atoms with Crippen molar-refractivity contribution in [1.29, 1.82) is 0 Å². The Balaban J connectivity index is 1.73. The molecular weight excluding hydrogens is 314 g/mol. The summed E-state index contributed by atoms with van der Waals surface area (Å²) in [5.74, 6) is -0.904. The molecule has 1 aliphatic heterocycles. The SMILES string of the molecule is Cc1cccc(CN2CC[C@](Cc3ccccc3)(C(=O)O)[C@@H](O)C2)c1. The highest BCUT2D eigenvalue weighted by Crippen LogP contribution is 2.36. The number of aliphatic hydroxyl groups excluding tert-OH is 1. The average molecular weight is 339 g/mol. The van der Waals surface area contributed by atoms with E-state index in [9.17, 15) is 15.0 Å². The highest BCUT2D eigenvalue weighted by atomic mass is 16.4. The number of likely N-dealkylation sites (tertiary alicyclic amines) is 1. The summed E-state index contributed by atoms with van der Waals surface area (Å²) in [6.07, 6.45) is -0.0731. The summed E-state index contributed by atoms with van der Waals surface area (Å²) in [6, 6.07) is 17.9. The molecule has 0 unspecified atom stereocenters. The molecule has 25 heavy (non-hydrogen) atoms. The van der Waals surface area contributed by atoms with Crippen LogP contribution >= 0.6 is 0 Å². The minimum Gasteiger partial charge on any atom is -0.481 e. The lowest BCUT2D eigenvalue weighted by Gasteiger charge is -2.43.